The number of carbonyl (C=O) groups is 1. The van der Waals surface area contributed by atoms with Gasteiger partial charge in [-0.15, -0.1) is 11.3 Å². The molecule has 5 rings (SSSR count). The van der Waals surface area contributed by atoms with Crippen molar-refractivity contribution in [3.63, 3.8) is 0 Å². The average Bonchev–Trinajstić information content (AvgIpc) is 3.31. The second kappa shape index (κ2) is 10.5. The number of hydrogen-bond acceptors (Lipinski definition) is 6. The number of hydrogen-bond donors (Lipinski definition) is 1. The summed E-state index contributed by atoms with van der Waals surface area (Å²) in [5.74, 6) is -0.363. The van der Waals surface area contributed by atoms with Gasteiger partial charge in [0.1, 0.15) is 10.4 Å². The maximum atomic E-state index is 13.4. The van der Waals surface area contributed by atoms with E-state index in [0.717, 1.165) is 59.2 Å². The highest BCUT2D eigenvalue weighted by Gasteiger charge is 2.19. The first kappa shape index (κ1) is 23.4. The number of ether oxygens (including phenoxy) is 1. The Morgan fingerprint density at radius 1 is 1.11 bits per heavy atom. The van der Waals surface area contributed by atoms with E-state index < -0.39 is 0 Å². The van der Waals surface area contributed by atoms with E-state index in [1.807, 2.05) is 60.2 Å². The number of aromatic nitrogens is 2. The predicted octanol–water partition coefficient (Wildman–Crippen LogP) is 3.58. The molecule has 1 fully saturated rings. The molecule has 1 N–H and O–H groups in total. The minimum absolute atomic E-state index is 0.157. The van der Waals surface area contributed by atoms with Crippen LogP contribution in [-0.2, 0) is 24.4 Å². The summed E-state index contributed by atoms with van der Waals surface area (Å²) in [6.07, 6.45) is 5.24. The Labute approximate surface area is 208 Å². The van der Waals surface area contributed by atoms with E-state index in [1.165, 1.54) is 0 Å². The molecule has 0 radical (unpaired) electrons. The number of morpholine rings is 1. The van der Waals surface area contributed by atoms with Gasteiger partial charge >= 0.3 is 0 Å². The first-order chi connectivity index (χ1) is 17.1. The predicted molar refractivity (Wildman–Crippen MR) is 138 cm³/mol. The van der Waals surface area contributed by atoms with Gasteiger partial charge in [0.15, 0.2) is 0 Å². The molecule has 7 nitrogen and oxygen atoms in total. The largest absolute Gasteiger partial charge is 0.379 e. The Balaban J connectivity index is 1.47. The van der Waals surface area contributed by atoms with Gasteiger partial charge in [0, 0.05) is 56.2 Å². The summed E-state index contributed by atoms with van der Waals surface area (Å²) in [5.41, 5.74) is 3.09. The Morgan fingerprint density at radius 2 is 1.91 bits per heavy atom. The van der Waals surface area contributed by atoms with Gasteiger partial charge in [0.05, 0.1) is 18.6 Å². The van der Waals surface area contributed by atoms with Gasteiger partial charge in [0.2, 0.25) is 5.43 Å². The highest BCUT2D eigenvalue weighted by Crippen LogP contribution is 2.26. The maximum Gasteiger partial charge on any atom is 0.257 e. The maximum absolute atomic E-state index is 13.4. The normalized spacial score (nSPS) is 14.3. The smallest absolute Gasteiger partial charge is 0.257 e. The molecule has 1 aliphatic rings. The van der Waals surface area contributed by atoms with Crippen molar-refractivity contribution in [3.8, 4) is 0 Å². The third-order valence-corrected chi connectivity index (χ3v) is 7.33. The third-order valence-electron chi connectivity index (χ3n) is 6.18. The molecule has 1 aromatic carbocycles. The van der Waals surface area contributed by atoms with Crippen LogP contribution in [0, 0.1) is 6.92 Å². The number of rotatable bonds is 7. The Morgan fingerprint density at radius 3 is 2.66 bits per heavy atom. The Hall–Kier alpha value is -3.33. The van der Waals surface area contributed by atoms with E-state index in [4.69, 9.17) is 4.74 Å². The Kier molecular flexibility index (Phi) is 7.03. The van der Waals surface area contributed by atoms with Crippen molar-refractivity contribution in [1.29, 1.82) is 0 Å². The van der Waals surface area contributed by atoms with Crippen molar-refractivity contribution < 1.29 is 9.53 Å². The van der Waals surface area contributed by atoms with E-state index in [-0.39, 0.29) is 16.9 Å². The van der Waals surface area contributed by atoms with Gasteiger partial charge in [-0.1, -0.05) is 35.9 Å². The number of thiophene rings is 1. The summed E-state index contributed by atoms with van der Waals surface area (Å²) in [7, 11) is 0. The lowest BCUT2D eigenvalue weighted by Gasteiger charge is -2.25. The molecule has 1 saturated heterocycles. The molecule has 4 heterocycles. The first-order valence-corrected chi connectivity index (χ1v) is 12.6. The number of nitrogens with zero attached hydrogens (tertiary/aromatic N) is 3. The fourth-order valence-corrected chi connectivity index (χ4v) is 5.40. The van der Waals surface area contributed by atoms with Crippen LogP contribution in [0.3, 0.4) is 0 Å². The molecule has 0 atom stereocenters. The van der Waals surface area contributed by atoms with Crippen LogP contribution in [0.1, 0.15) is 31.9 Å². The van der Waals surface area contributed by atoms with Crippen LogP contribution in [0.4, 0.5) is 0 Å². The zero-order valence-electron chi connectivity index (χ0n) is 19.7. The van der Waals surface area contributed by atoms with Crippen molar-refractivity contribution in [2.75, 3.05) is 26.3 Å². The van der Waals surface area contributed by atoms with Gasteiger partial charge in [-0.25, -0.2) is 0 Å². The zero-order chi connectivity index (χ0) is 24.2. The van der Waals surface area contributed by atoms with Crippen molar-refractivity contribution in [1.82, 2.24) is 19.8 Å². The van der Waals surface area contributed by atoms with Crippen LogP contribution in [0.2, 0.25) is 0 Å². The first-order valence-electron chi connectivity index (χ1n) is 11.8. The highest BCUT2D eigenvalue weighted by molar-refractivity contribution is 7.18. The summed E-state index contributed by atoms with van der Waals surface area (Å²) in [5, 5.41) is 3.51. The van der Waals surface area contributed by atoms with E-state index in [2.05, 4.69) is 15.2 Å². The van der Waals surface area contributed by atoms with Crippen molar-refractivity contribution in [3.05, 3.63) is 98.4 Å². The number of carbonyl (C=O) groups excluding carboxylic acids is 1. The van der Waals surface area contributed by atoms with Crippen LogP contribution < -0.4 is 10.7 Å². The lowest BCUT2D eigenvalue weighted by Crippen LogP contribution is -2.35. The van der Waals surface area contributed by atoms with Gasteiger partial charge in [-0.05, 0) is 30.2 Å². The highest BCUT2D eigenvalue weighted by atomic mass is 32.1. The van der Waals surface area contributed by atoms with Crippen molar-refractivity contribution in [2.45, 2.75) is 26.6 Å². The quantitative estimate of drug-likeness (QED) is 0.430. The molecule has 0 saturated carbocycles. The number of aryl methyl sites for hydroxylation is 1. The van der Waals surface area contributed by atoms with Crippen molar-refractivity contribution >= 4 is 27.5 Å². The number of benzene rings is 1. The molecule has 1 amide bonds. The average molecular weight is 489 g/mol. The fourth-order valence-electron chi connectivity index (χ4n) is 4.23. The van der Waals surface area contributed by atoms with E-state index in [9.17, 15) is 9.59 Å². The molecular formula is C27H28N4O3S. The summed E-state index contributed by atoms with van der Waals surface area (Å²) in [4.78, 5) is 35.1. The zero-order valence-corrected chi connectivity index (χ0v) is 20.5. The van der Waals surface area contributed by atoms with Crippen LogP contribution in [0.15, 0.2) is 65.8 Å². The fraction of sp³-hybridized carbons (Fsp3) is 0.296. The lowest BCUT2D eigenvalue weighted by atomic mass is 10.1. The van der Waals surface area contributed by atoms with E-state index in [1.54, 1.807) is 23.7 Å². The van der Waals surface area contributed by atoms with Gasteiger partial charge < -0.3 is 14.6 Å². The monoisotopic (exact) mass is 488 g/mol. The second-order valence-electron chi connectivity index (χ2n) is 8.85. The molecule has 8 heteroatoms. The number of nitrogens with one attached hydrogen (secondary N) is 1. The van der Waals surface area contributed by atoms with Crippen LogP contribution in [0.5, 0.6) is 0 Å². The SMILES string of the molecule is Cc1ccc(CNC(=O)c2cn(Cc3cccnc3)c3sc(CN4CCOCC4)cc3c2=O)cc1. The number of pyridine rings is 2. The molecule has 0 spiro atoms. The molecular weight excluding hydrogens is 460 g/mol. The molecule has 1 aliphatic heterocycles. The van der Waals surface area contributed by atoms with E-state index in [0.29, 0.717) is 18.5 Å². The van der Waals surface area contributed by atoms with E-state index >= 15 is 0 Å². The second-order valence-corrected chi connectivity index (χ2v) is 9.96. The van der Waals surface area contributed by atoms with Gasteiger partial charge in [0.25, 0.3) is 5.91 Å². The van der Waals surface area contributed by atoms with Crippen molar-refractivity contribution in [2.24, 2.45) is 0 Å². The minimum atomic E-state index is -0.363. The molecule has 0 bridgehead atoms. The molecule has 0 aliphatic carbocycles. The minimum Gasteiger partial charge on any atom is -0.379 e. The molecule has 4 aromatic rings. The summed E-state index contributed by atoms with van der Waals surface area (Å²) < 4.78 is 7.46. The lowest BCUT2D eigenvalue weighted by molar-refractivity contribution is 0.0346. The Bertz CT molecular complexity index is 1370. The summed E-state index contributed by atoms with van der Waals surface area (Å²) in [6, 6.07) is 13.8. The van der Waals surface area contributed by atoms with Gasteiger partial charge in [-0.3, -0.25) is 19.5 Å². The molecule has 35 heavy (non-hydrogen) atoms. The molecule has 0 unspecified atom stereocenters. The van der Waals surface area contributed by atoms with Crippen LogP contribution >= 0.6 is 11.3 Å². The standard InChI is InChI=1S/C27H28N4O3S/c1-19-4-6-20(7-5-19)15-29-26(33)24-18-31(16-21-3-2-8-28-14-21)27-23(25(24)32)13-22(35-27)17-30-9-11-34-12-10-30/h2-8,13-14,18H,9-12,15-17H2,1H3,(H,29,33). The molecule has 3 aromatic heterocycles. The summed E-state index contributed by atoms with van der Waals surface area (Å²) >= 11 is 1.61. The topological polar surface area (TPSA) is 76.5 Å². The van der Waals surface area contributed by atoms with Gasteiger partial charge in [-0.2, -0.15) is 0 Å². The van der Waals surface area contributed by atoms with Crippen LogP contribution in [0.25, 0.3) is 10.2 Å². The summed E-state index contributed by atoms with van der Waals surface area (Å²) in [6.45, 7) is 6.89. The number of fused-ring (bicyclic) bond motifs is 1. The van der Waals surface area contributed by atoms with Crippen LogP contribution in [-0.4, -0.2) is 46.7 Å². The third kappa shape index (κ3) is 5.51. The molecule has 180 valence electrons. The number of amides is 1.